The molecule has 22 heavy (non-hydrogen) atoms. The zero-order valence-electron chi connectivity index (χ0n) is 12.7. The SMILES string of the molecule is Cn1c(CCNC(=O)CNCC2CC2)nc2c(F)cccc21. The van der Waals surface area contributed by atoms with Gasteiger partial charge in [0.05, 0.1) is 12.1 Å². The molecule has 2 N–H and O–H groups in total. The molecule has 0 aliphatic heterocycles. The van der Waals surface area contributed by atoms with Crippen molar-refractivity contribution in [3.63, 3.8) is 0 Å². The molecule has 0 bridgehead atoms. The lowest BCUT2D eigenvalue weighted by Crippen LogP contribution is -2.35. The highest BCUT2D eigenvalue weighted by molar-refractivity contribution is 5.78. The number of hydrogen-bond acceptors (Lipinski definition) is 3. The monoisotopic (exact) mass is 304 g/mol. The van der Waals surface area contributed by atoms with Gasteiger partial charge in [-0.05, 0) is 37.4 Å². The number of carbonyl (C=O) groups excluding carboxylic acids is 1. The zero-order chi connectivity index (χ0) is 15.5. The molecule has 3 rings (SSSR count). The predicted molar refractivity (Wildman–Crippen MR) is 83.0 cm³/mol. The standard InChI is InChI=1S/C16H21FN4O/c1-21-13-4-2-3-12(17)16(13)20-14(21)7-8-19-15(22)10-18-9-11-5-6-11/h2-4,11,18H,5-10H2,1H3,(H,19,22). The number of halogens is 1. The van der Waals surface area contributed by atoms with E-state index in [9.17, 15) is 9.18 Å². The Morgan fingerprint density at radius 1 is 1.45 bits per heavy atom. The second kappa shape index (κ2) is 6.44. The van der Waals surface area contributed by atoms with E-state index in [0.29, 0.717) is 25.0 Å². The molecule has 1 fully saturated rings. The molecule has 5 nitrogen and oxygen atoms in total. The smallest absolute Gasteiger partial charge is 0.233 e. The highest BCUT2D eigenvalue weighted by atomic mass is 19.1. The Balaban J connectivity index is 1.49. The Bertz CT molecular complexity index is 678. The first-order valence-corrected chi connectivity index (χ1v) is 7.72. The van der Waals surface area contributed by atoms with Crippen molar-refractivity contribution in [3.05, 3.63) is 29.8 Å². The lowest BCUT2D eigenvalue weighted by molar-refractivity contribution is -0.120. The number of fused-ring (bicyclic) bond motifs is 1. The second-order valence-corrected chi connectivity index (χ2v) is 5.87. The minimum atomic E-state index is -0.312. The van der Waals surface area contributed by atoms with Gasteiger partial charge in [0.2, 0.25) is 5.91 Å². The Hall–Kier alpha value is -1.95. The van der Waals surface area contributed by atoms with Gasteiger partial charge in [0, 0.05) is 20.0 Å². The normalized spacial score (nSPS) is 14.5. The van der Waals surface area contributed by atoms with Crippen LogP contribution in [0, 0.1) is 11.7 Å². The van der Waals surface area contributed by atoms with Crippen LogP contribution in [0.2, 0.25) is 0 Å². The lowest BCUT2D eigenvalue weighted by atomic mass is 10.3. The molecule has 1 amide bonds. The van der Waals surface area contributed by atoms with Gasteiger partial charge in [0.1, 0.15) is 11.3 Å². The minimum Gasteiger partial charge on any atom is -0.355 e. The summed E-state index contributed by atoms with van der Waals surface area (Å²) in [6, 6.07) is 4.93. The van der Waals surface area contributed by atoms with Crippen molar-refractivity contribution < 1.29 is 9.18 Å². The van der Waals surface area contributed by atoms with Gasteiger partial charge in [-0.3, -0.25) is 4.79 Å². The molecule has 2 aromatic rings. The van der Waals surface area contributed by atoms with Crippen molar-refractivity contribution >= 4 is 16.9 Å². The number of aryl methyl sites for hydroxylation is 1. The van der Waals surface area contributed by atoms with Crippen molar-refractivity contribution in [3.8, 4) is 0 Å². The van der Waals surface area contributed by atoms with E-state index in [4.69, 9.17) is 0 Å². The minimum absolute atomic E-state index is 0.00871. The summed E-state index contributed by atoms with van der Waals surface area (Å²) in [5.41, 5.74) is 1.16. The molecular formula is C16H21FN4O. The zero-order valence-corrected chi connectivity index (χ0v) is 12.7. The van der Waals surface area contributed by atoms with Crippen molar-refractivity contribution in [2.45, 2.75) is 19.3 Å². The molecule has 118 valence electrons. The number of aromatic nitrogens is 2. The molecule has 0 spiro atoms. The van der Waals surface area contributed by atoms with E-state index >= 15 is 0 Å². The Morgan fingerprint density at radius 2 is 2.27 bits per heavy atom. The van der Waals surface area contributed by atoms with Crippen LogP contribution in [0.5, 0.6) is 0 Å². The van der Waals surface area contributed by atoms with Gasteiger partial charge in [-0.15, -0.1) is 0 Å². The van der Waals surface area contributed by atoms with Gasteiger partial charge < -0.3 is 15.2 Å². The van der Waals surface area contributed by atoms with Gasteiger partial charge in [0.25, 0.3) is 0 Å². The van der Waals surface area contributed by atoms with E-state index < -0.39 is 0 Å². The van der Waals surface area contributed by atoms with E-state index in [-0.39, 0.29) is 11.7 Å². The van der Waals surface area contributed by atoms with Crippen molar-refractivity contribution in [2.24, 2.45) is 13.0 Å². The average Bonchev–Trinajstić information content (AvgIpc) is 3.26. The molecule has 0 atom stereocenters. The van der Waals surface area contributed by atoms with E-state index in [1.54, 1.807) is 6.07 Å². The van der Waals surface area contributed by atoms with E-state index in [1.165, 1.54) is 18.9 Å². The Labute approximate surface area is 128 Å². The number of rotatable bonds is 7. The number of imidazole rings is 1. The number of hydrogen-bond donors (Lipinski definition) is 2. The maximum atomic E-state index is 13.7. The number of benzene rings is 1. The number of para-hydroxylation sites is 1. The van der Waals surface area contributed by atoms with E-state index in [2.05, 4.69) is 15.6 Å². The molecule has 0 unspecified atom stereocenters. The predicted octanol–water partition coefficient (Wildman–Crippen LogP) is 1.37. The number of amides is 1. The van der Waals surface area contributed by atoms with Gasteiger partial charge in [0.15, 0.2) is 5.82 Å². The van der Waals surface area contributed by atoms with Crippen LogP contribution in [-0.4, -0.2) is 35.1 Å². The maximum absolute atomic E-state index is 13.7. The van der Waals surface area contributed by atoms with E-state index in [0.717, 1.165) is 23.8 Å². The summed E-state index contributed by atoms with van der Waals surface area (Å²) in [4.78, 5) is 16.0. The fourth-order valence-corrected chi connectivity index (χ4v) is 2.54. The molecule has 0 saturated heterocycles. The number of nitrogens with one attached hydrogen (secondary N) is 2. The average molecular weight is 304 g/mol. The first-order chi connectivity index (χ1) is 10.6. The third-order valence-corrected chi connectivity index (χ3v) is 4.04. The van der Waals surface area contributed by atoms with Crippen LogP contribution in [0.25, 0.3) is 11.0 Å². The van der Waals surface area contributed by atoms with Crippen LogP contribution in [-0.2, 0) is 18.3 Å². The molecule has 1 aliphatic carbocycles. The maximum Gasteiger partial charge on any atom is 0.233 e. The number of carbonyl (C=O) groups is 1. The van der Waals surface area contributed by atoms with Gasteiger partial charge in [-0.25, -0.2) is 9.37 Å². The van der Waals surface area contributed by atoms with Crippen molar-refractivity contribution in [1.29, 1.82) is 0 Å². The quantitative estimate of drug-likeness (QED) is 0.812. The highest BCUT2D eigenvalue weighted by Gasteiger charge is 2.20. The second-order valence-electron chi connectivity index (χ2n) is 5.87. The molecule has 1 aromatic carbocycles. The Kier molecular flexibility index (Phi) is 4.38. The lowest BCUT2D eigenvalue weighted by Gasteiger charge is -2.06. The van der Waals surface area contributed by atoms with Crippen LogP contribution >= 0.6 is 0 Å². The van der Waals surface area contributed by atoms with Crippen LogP contribution in [0.3, 0.4) is 0 Å². The summed E-state index contributed by atoms with van der Waals surface area (Å²) in [5.74, 6) is 1.22. The van der Waals surface area contributed by atoms with E-state index in [1.807, 2.05) is 17.7 Å². The summed E-state index contributed by atoms with van der Waals surface area (Å²) >= 11 is 0. The van der Waals surface area contributed by atoms with Crippen LogP contribution < -0.4 is 10.6 Å². The summed E-state index contributed by atoms with van der Waals surface area (Å²) in [7, 11) is 1.86. The molecule has 1 aromatic heterocycles. The summed E-state index contributed by atoms with van der Waals surface area (Å²) < 4.78 is 15.6. The topological polar surface area (TPSA) is 59.0 Å². The highest BCUT2D eigenvalue weighted by Crippen LogP contribution is 2.27. The fourth-order valence-electron chi connectivity index (χ4n) is 2.54. The van der Waals surface area contributed by atoms with Crippen LogP contribution in [0.1, 0.15) is 18.7 Å². The molecule has 1 heterocycles. The van der Waals surface area contributed by atoms with Crippen molar-refractivity contribution in [2.75, 3.05) is 19.6 Å². The first kappa shape index (κ1) is 15.0. The fraction of sp³-hybridized carbons (Fsp3) is 0.500. The van der Waals surface area contributed by atoms with Gasteiger partial charge >= 0.3 is 0 Å². The van der Waals surface area contributed by atoms with Crippen LogP contribution in [0.15, 0.2) is 18.2 Å². The first-order valence-electron chi connectivity index (χ1n) is 7.72. The summed E-state index contributed by atoms with van der Waals surface area (Å²) in [6.07, 6.45) is 3.13. The molecule has 1 aliphatic rings. The summed E-state index contributed by atoms with van der Waals surface area (Å²) in [6.45, 7) is 1.79. The van der Waals surface area contributed by atoms with Crippen LogP contribution in [0.4, 0.5) is 4.39 Å². The molecule has 6 heteroatoms. The van der Waals surface area contributed by atoms with Gasteiger partial charge in [-0.1, -0.05) is 6.07 Å². The third-order valence-electron chi connectivity index (χ3n) is 4.04. The molecule has 1 saturated carbocycles. The molecule has 0 radical (unpaired) electrons. The largest absolute Gasteiger partial charge is 0.355 e. The third kappa shape index (κ3) is 3.44. The number of nitrogens with zero attached hydrogens (tertiary/aromatic N) is 2. The van der Waals surface area contributed by atoms with Gasteiger partial charge in [-0.2, -0.15) is 0 Å². The Morgan fingerprint density at radius 3 is 3.00 bits per heavy atom. The summed E-state index contributed by atoms with van der Waals surface area (Å²) in [5, 5.41) is 6.02. The van der Waals surface area contributed by atoms with Crippen molar-refractivity contribution in [1.82, 2.24) is 20.2 Å². The molecular weight excluding hydrogens is 283 g/mol.